The Labute approximate surface area is 151 Å². The van der Waals surface area contributed by atoms with Crippen molar-refractivity contribution in [3.8, 4) is 11.8 Å². The number of esters is 1. The first-order valence-electron chi connectivity index (χ1n) is 9.35. The zero-order valence-electron chi connectivity index (χ0n) is 15.4. The average molecular weight is 354 g/mol. The normalized spacial score (nSPS) is 17.7. The largest absolute Gasteiger partial charge is 0.469 e. The van der Waals surface area contributed by atoms with Crippen LogP contribution >= 0.6 is 0 Å². The molecule has 0 spiro atoms. The molecule has 1 aliphatic rings. The van der Waals surface area contributed by atoms with E-state index in [1.807, 2.05) is 0 Å². The van der Waals surface area contributed by atoms with Crippen molar-refractivity contribution in [3.05, 3.63) is 11.9 Å². The Morgan fingerprint density at radius 1 is 1.16 bits per heavy atom. The minimum absolute atomic E-state index is 0.148. The number of hydrogen-bond acceptors (Lipinski definition) is 4. The maximum atomic E-state index is 13.6. The Morgan fingerprint density at radius 3 is 2.56 bits per heavy atom. The molecule has 0 aromatic heterocycles. The molecule has 0 bridgehead atoms. The molecule has 1 aliphatic heterocycles. The summed E-state index contributed by atoms with van der Waals surface area (Å²) in [6.07, 6.45) is 11.1. The molecule has 1 atom stereocenters. The highest BCUT2D eigenvalue weighted by Crippen LogP contribution is 2.14. The second-order valence-electron chi connectivity index (χ2n) is 6.22. The van der Waals surface area contributed by atoms with Crippen molar-refractivity contribution in [3.63, 3.8) is 0 Å². The monoisotopic (exact) mass is 354 g/mol. The molecule has 0 N–H and O–H groups in total. The van der Waals surface area contributed by atoms with Crippen molar-refractivity contribution in [1.29, 1.82) is 0 Å². The van der Waals surface area contributed by atoms with E-state index in [0.29, 0.717) is 12.8 Å². The van der Waals surface area contributed by atoms with Gasteiger partial charge in [0.25, 0.3) is 0 Å². The molecule has 25 heavy (non-hydrogen) atoms. The van der Waals surface area contributed by atoms with Crippen LogP contribution in [0.1, 0.15) is 70.6 Å². The third-order valence-electron chi connectivity index (χ3n) is 4.08. The highest BCUT2D eigenvalue weighted by molar-refractivity contribution is 5.68. The molecule has 0 aromatic carbocycles. The Morgan fingerprint density at radius 2 is 1.88 bits per heavy atom. The Kier molecular flexibility index (Phi) is 12.9. The van der Waals surface area contributed by atoms with Gasteiger partial charge in [-0.3, -0.25) is 4.79 Å². The lowest BCUT2D eigenvalue weighted by atomic mass is 10.1. The third kappa shape index (κ3) is 12.6. The van der Waals surface area contributed by atoms with Gasteiger partial charge in [-0.1, -0.05) is 37.5 Å². The zero-order chi connectivity index (χ0) is 18.2. The molecule has 0 saturated carbocycles. The van der Waals surface area contributed by atoms with Crippen LogP contribution in [-0.2, 0) is 19.0 Å². The van der Waals surface area contributed by atoms with Gasteiger partial charge in [-0.15, -0.1) is 0 Å². The number of ether oxygens (including phenoxy) is 3. The molecule has 0 aromatic rings. The van der Waals surface area contributed by atoms with Crippen molar-refractivity contribution in [1.82, 2.24) is 0 Å². The lowest BCUT2D eigenvalue weighted by Gasteiger charge is -2.21. The van der Waals surface area contributed by atoms with Crippen LogP contribution in [0.2, 0.25) is 0 Å². The lowest BCUT2D eigenvalue weighted by Crippen LogP contribution is -2.22. The minimum Gasteiger partial charge on any atom is -0.469 e. The van der Waals surface area contributed by atoms with Crippen LogP contribution in [0.3, 0.4) is 0 Å². The minimum atomic E-state index is -0.174. The summed E-state index contributed by atoms with van der Waals surface area (Å²) < 4.78 is 29.0. The number of rotatable bonds is 11. The smallest absolute Gasteiger partial charge is 0.305 e. The van der Waals surface area contributed by atoms with Crippen molar-refractivity contribution in [2.45, 2.75) is 76.9 Å². The highest BCUT2D eigenvalue weighted by Gasteiger charge is 2.12. The maximum Gasteiger partial charge on any atom is 0.305 e. The SMILES string of the molecule is COC(=O)CCCCCCCC/C(F)=C/C#CCOC1CCCCO1. The van der Waals surface area contributed by atoms with E-state index in [0.717, 1.165) is 64.4 Å². The molecule has 0 amide bonds. The van der Waals surface area contributed by atoms with E-state index in [-0.39, 0.29) is 24.7 Å². The summed E-state index contributed by atoms with van der Waals surface area (Å²) in [5.41, 5.74) is 0. The number of unbranched alkanes of at least 4 members (excludes halogenated alkanes) is 5. The van der Waals surface area contributed by atoms with Crippen LogP contribution < -0.4 is 0 Å². The van der Waals surface area contributed by atoms with E-state index in [1.54, 1.807) is 0 Å². The second kappa shape index (κ2) is 14.9. The summed E-state index contributed by atoms with van der Waals surface area (Å²) in [4.78, 5) is 10.9. The summed E-state index contributed by atoms with van der Waals surface area (Å²) in [7, 11) is 1.41. The predicted molar refractivity (Wildman–Crippen MR) is 95.5 cm³/mol. The molecule has 1 saturated heterocycles. The molecule has 0 aliphatic carbocycles. The fourth-order valence-electron chi connectivity index (χ4n) is 2.59. The summed E-state index contributed by atoms with van der Waals surface area (Å²) in [6.45, 7) is 1.03. The summed E-state index contributed by atoms with van der Waals surface area (Å²) in [5.74, 6) is 5.17. The Bertz CT molecular complexity index is 444. The molecule has 142 valence electrons. The second-order valence-corrected chi connectivity index (χ2v) is 6.22. The first kappa shape index (κ1) is 21.7. The number of carbonyl (C=O) groups excluding carboxylic acids is 1. The predicted octanol–water partition coefficient (Wildman–Crippen LogP) is 4.68. The van der Waals surface area contributed by atoms with Crippen LogP contribution in [0.15, 0.2) is 11.9 Å². The van der Waals surface area contributed by atoms with Crippen molar-refractivity contribution >= 4 is 5.97 Å². The Balaban J connectivity index is 1.95. The molecule has 1 rings (SSSR count). The fraction of sp³-hybridized carbons (Fsp3) is 0.750. The van der Waals surface area contributed by atoms with E-state index < -0.39 is 0 Å². The molecule has 4 nitrogen and oxygen atoms in total. The zero-order valence-corrected chi connectivity index (χ0v) is 15.4. The molecular weight excluding hydrogens is 323 g/mol. The first-order chi connectivity index (χ1) is 12.2. The van der Waals surface area contributed by atoms with Gasteiger partial charge in [0.15, 0.2) is 6.29 Å². The van der Waals surface area contributed by atoms with Crippen molar-refractivity contribution in [2.24, 2.45) is 0 Å². The van der Waals surface area contributed by atoms with E-state index in [1.165, 1.54) is 13.2 Å². The van der Waals surface area contributed by atoms with Crippen LogP contribution in [0.5, 0.6) is 0 Å². The number of carbonyl (C=O) groups is 1. The average Bonchev–Trinajstić information content (AvgIpc) is 2.64. The highest BCUT2D eigenvalue weighted by atomic mass is 19.1. The molecule has 1 fully saturated rings. The van der Waals surface area contributed by atoms with Gasteiger partial charge in [0, 0.05) is 19.1 Å². The van der Waals surface area contributed by atoms with Gasteiger partial charge in [-0.05, 0) is 38.5 Å². The lowest BCUT2D eigenvalue weighted by molar-refractivity contribution is -0.154. The first-order valence-corrected chi connectivity index (χ1v) is 9.35. The molecular formula is C20H31FO4. The number of hydrogen-bond donors (Lipinski definition) is 0. The van der Waals surface area contributed by atoms with Crippen LogP contribution in [0.4, 0.5) is 4.39 Å². The van der Waals surface area contributed by atoms with E-state index in [4.69, 9.17) is 9.47 Å². The quantitative estimate of drug-likeness (QED) is 0.307. The van der Waals surface area contributed by atoms with Gasteiger partial charge < -0.3 is 14.2 Å². The van der Waals surface area contributed by atoms with E-state index in [2.05, 4.69) is 16.6 Å². The molecule has 5 heteroatoms. The van der Waals surface area contributed by atoms with Gasteiger partial charge in [-0.2, -0.15) is 0 Å². The summed E-state index contributed by atoms with van der Waals surface area (Å²) >= 11 is 0. The van der Waals surface area contributed by atoms with E-state index >= 15 is 0 Å². The van der Waals surface area contributed by atoms with Gasteiger partial charge in [0.05, 0.1) is 7.11 Å². The number of allylic oxidation sites excluding steroid dienone is 2. The van der Waals surface area contributed by atoms with Crippen LogP contribution in [-0.4, -0.2) is 32.6 Å². The van der Waals surface area contributed by atoms with Gasteiger partial charge >= 0.3 is 5.97 Å². The fourth-order valence-corrected chi connectivity index (χ4v) is 2.59. The topological polar surface area (TPSA) is 44.8 Å². The molecule has 1 unspecified atom stereocenters. The van der Waals surface area contributed by atoms with Crippen LogP contribution in [0.25, 0.3) is 0 Å². The van der Waals surface area contributed by atoms with E-state index in [9.17, 15) is 9.18 Å². The molecule has 0 radical (unpaired) electrons. The Hall–Kier alpha value is -1.38. The van der Waals surface area contributed by atoms with Gasteiger partial charge in [0.2, 0.25) is 0 Å². The third-order valence-corrected chi connectivity index (χ3v) is 4.08. The van der Waals surface area contributed by atoms with Gasteiger partial charge in [0.1, 0.15) is 12.4 Å². The number of halogens is 1. The van der Waals surface area contributed by atoms with Crippen molar-refractivity contribution < 1.29 is 23.4 Å². The summed E-state index contributed by atoms with van der Waals surface area (Å²) in [6, 6.07) is 0. The summed E-state index contributed by atoms with van der Waals surface area (Å²) in [5, 5.41) is 0. The maximum absolute atomic E-state index is 13.6. The number of methoxy groups -OCH3 is 1. The standard InChI is InChI=1S/C20H31FO4/c1-23-19(22)14-7-5-3-2-4-6-12-18(21)13-8-10-16-24-20-15-9-11-17-25-20/h13,20H,2-7,9,11-12,14-17H2,1H3/b18-13-. The molecule has 1 heterocycles. The van der Waals surface area contributed by atoms with Crippen LogP contribution in [0, 0.1) is 11.8 Å². The van der Waals surface area contributed by atoms with Gasteiger partial charge in [-0.25, -0.2) is 4.39 Å². The van der Waals surface area contributed by atoms with Crippen molar-refractivity contribution in [2.75, 3.05) is 20.3 Å².